The predicted octanol–water partition coefficient (Wildman–Crippen LogP) is 3.57. The lowest BCUT2D eigenvalue weighted by Gasteiger charge is -2.16. The van der Waals surface area contributed by atoms with Gasteiger partial charge in [-0.05, 0) is 50.1 Å². The Labute approximate surface area is 164 Å². The molecule has 0 fully saturated rings. The van der Waals surface area contributed by atoms with Crippen molar-refractivity contribution in [3.05, 3.63) is 47.0 Å². The molecule has 0 bridgehead atoms. The number of anilines is 2. The molecule has 146 valence electrons. The van der Waals surface area contributed by atoms with Crippen LogP contribution >= 0.6 is 0 Å². The maximum atomic E-state index is 12.9. The summed E-state index contributed by atoms with van der Waals surface area (Å²) in [5.41, 5.74) is 4.15. The Kier molecular flexibility index (Phi) is 4.71. The topological polar surface area (TPSA) is 67.9 Å². The van der Waals surface area contributed by atoms with Gasteiger partial charge in [-0.3, -0.25) is 9.59 Å². The molecule has 6 nitrogen and oxygen atoms in total. The Morgan fingerprint density at radius 2 is 2.07 bits per heavy atom. The lowest BCUT2D eigenvalue weighted by molar-refractivity contribution is -0.116. The van der Waals surface area contributed by atoms with Crippen LogP contribution in [-0.4, -0.2) is 31.1 Å². The van der Waals surface area contributed by atoms with Gasteiger partial charge >= 0.3 is 0 Å². The molecule has 0 radical (unpaired) electrons. The molecule has 4 rings (SSSR count). The minimum absolute atomic E-state index is 0.0182. The van der Waals surface area contributed by atoms with Crippen LogP contribution < -0.4 is 19.7 Å². The van der Waals surface area contributed by atoms with E-state index in [0.717, 1.165) is 35.4 Å². The Bertz CT molecular complexity index is 954. The monoisotopic (exact) mass is 380 g/mol. The molecule has 0 saturated carbocycles. The highest BCUT2D eigenvalue weighted by atomic mass is 16.5. The Morgan fingerprint density at radius 3 is 2.82 bits per heavy atom. The number of nitrogens with zero attached hydrogens (tertiary/aromatic N) is 1. The molecule has 2 aliphatic heterocycles. The normalized spacial score (nSPS) is 17.0. The molecule has 6 heteroatoms. The number of ether oxygens (including phenoxy) is 2. The van der Waals surface area contributed by atoms with Crippen molar-refractivity contribution < 1.29 is 19.1 Å². The van der Waals surface area contributed by atoms with Gasteiger partial charge < -0.3 is 19.7 Å². The number of nitrogens with one attached hydrogen (secondary N) is 1. The van der Waals surface area contributed by atoms with E-state index in [1.54, 1.807) is 17.9 Å². The fraction of sp³-hybridized carbons (Fsp3) is 0.364. The van der Waals surface area contributed by atoms with Crippen molar-refractivity contribution >= 4 is 23.2 Å². The van der Waals surface area contributed by atoms with Crippen molar-refractivity contribution in [2.75, 3.05) is 23.4 Å². The molecule has 28 heavy (non-hydrogen) atoms. The fourth-order valence-electron chi connectivity index (χ4n) is 3.88. The van der Waals surface area contributed by atoms with Gasteiger partial charge in [0.25, 0.3) is 5.91 Å². The van der Waals surface area contributed by atoms with Crippen molar-refractivity contribution in [3.8, 4) is 11.5 Å². The average molecular weight is 380 g/mol. The van der Waals surface area contributed by atoms with Gasteiger partial charge in [-0.1, -0.05) is 0 Å². The molecule has 1 atom stereocenters. The summed E-state index contributed by atoms with van der Waals surface area (Å²) in [6, 6.07) is 9.25. The maximum absolute atomic E-state index is 12.9. The van der Waals surface area contributed by atoms with E-state index in [4.69, 9.17) is 9.47 Å². The highest BCUT2D eigenvalue weighted by molar-refractivity contribution is 6.06. The highest BCUT2D eigenvalue weighted by Crippen LogP contribution is 2.38. The van der Waals surface area contributed by atoms with Gasteiger partial charge in [0.05, 0.1) is 12.3 Å². The van der Waals surface area contributed by atoms with Crippen LogP contribution in [0.3, 0.4) is 0 Å². The molecule has 2 heterocycles. The van der Waals surface area contributed by atoms with Crippen molar-refractivity contribution in [2.24, 2.45) is 0 Å². The Hall–Kier alpha value is -3.02. The van der Waals surface area contributed by atoms with Crippen LogP contribution in [-0.2, 0) is 17.6 Å². The van der Waals surface area contributed by atoms with Crippen molar-refractivity contribution in [1.29, 1.82) is 0 Å². The van der Waals surface area contributed by atoms with Gasteiger partial charge in [0.2, 0.25) is 5.91 Å². The van der Waals surface area contributed by atoms with Crippen molar-refractivity contribution in [3.63, 3.8) is 0 Å². The lowest BCUT2D eigenvalue weighted by Crippen LogP contribution is -2.25. The van der Waals surface area contributed by atoms with Gasteiger partial charge in [-0.25, -0.2) is 0 Å². The van der Waals surface area contributed by atoms with Crippen LogP contribution in [0, 0.1) is 0 Å². The SMILES string of the molecule is CCOc1cc2c(cc1NC(=O)c1ccc3c(c1)CCN3C(C)=O)OC(C)C2. The largest absolute Gasteiger partial charge is 0.492 e. The lowest BCUT2D eigenvalue weighted by atomic mass is 10.1. The zero-order valence-electron chi connectivity index (χ0n) is 16.4. The number of hydrogen-bond donors (Lipinski definition) is 1. The van der Waals surface area contributed by atoms with E-state index in [1.165, 1.54) is 0 Å². The maximum Gasteiger partial charge on any atom is 0.255 e. The average Bonchev–Trinajstić information content (AvgIpc) is 3.23. The summed E-state index contributed by atoms with van der Waals surface area (Å²) in [5.74, 6) is 1.24. The van der Waals surface area contributed by atoms with Crippen LogP contribution in [0.15, 0.2) is 30.3 Å². The zero-order valence-corrected chi connectivity index (χ0v) is 16.4. The summed E-state index contributed by atoms with van der Waals surface area (Å²) in [6.45, 7) is 6.66. The van der Waals surface area contributed by atoms with E-state index in [9.17, 15) is 9.59 Å². The molecule has 1 unspecified atom stereocenters. The van der Waals surface area contributed by atoms with Crippen LogP contribution in [0.1, 0.15) is 42.3 Å². The third-order valence-corrected chi connectivity index (χ3v) is 5.16. The third-order valence-electron chi connectivity index (χ3n) is 5.16. The van der Waals surface area contributed by atoms with E-state index in [2.05, 4.69) is 5.32 Å². The van der Waals surface area contributed by atoms with E-state index < -0.39 is 0 Å². The van der Waals surface area contributed by atoms with Crippen molar-refractivity contribution in [2.45, 2.75) is 39.7 Å². The van der Waals surface area contributed by atoms with E-state index >= 15 is 0 Å². The summed E-state index contributed by atoms with van der Waals surface area (Å²) in [6.07, 6.45) is 1.71. The third kappa shape index (κ3) is 3.30. The van der Waals surface area contributed by atoms with Gasteiger partial charge in [0.15, 0.2) is 0 Å². The van der Waals surface area contributed by atoms with Gasteiger partial charge in [0.1, 0.15) is 17.6 Å². The number of benzene rings is 2. The fourth-order valence-corrected chi connectivity index (χ4v) is 3.88. The summed E-state index contributed by atoms with van der Waals surface area (Å²) < 4.78 is 11.6. The molecule has 2 aliphatic rings. The molecule has 0 spiro atoms. The molecular weight excluding hydrogens is 356 g/mol. The smallest absolute Gasteiger partial charge is 0.255 e. The van der Waals surface area contributed by atoms with Crippen molar-refractivity contribution in [1.82, 2.24) is 0 Å². The zero-order chi connectivity index (χ0) is 19.8. The second-order valence-electron chi connectivity index (χ2n) is 7.24. The summed E-state index contributed by atoms with van der Waals surface area (Å²) in [5, 5.41) is 2.96. The number of carbonyl (C=O) groups excluding carboxylic acids is 2. The summed E-state index contributed by atoms with van der Waals surface area (Å²) in [4.78, 5) is 26.3. The van der Waals surface area contributed by atoms with Gasteiger partial charge in [-0.2, -0.15) is 0 Å². The first-order valence-corrected chi connectivity index (χ1v) is 9.65. The number of amides is 2. The quantitative estimate of drug-likeness (QED) is 0.881. The Balaban J connectivity index is 1.59. The first-order chi connectivity index (χ1) is 13.5. The number of rotatable bonds is 4. The van der Waals surface area contributed by atoms with Gasteiger partial charge in [-0.15, -0.1) is 0 Å². The van der Waals surface area contributed by atoms with Crippen LogP contribution in [0.5, 0.6) is 11.5 Å². The number of hydrogen-bond acceptors (Lipinski definition) is 4. The first kappa shape index (κ1) is 18.3. The van der Waals surface area contributed by atoms with E-state index in [-0.39, 0.29) is 17.9 Å². The van der Waals surface area contributed by atoms with Crippen LogP contribution in [0.25, 0.3) is 0 Å². The summed E-state index contributed by atoms with van der Waals surface area (Å²) >= 11 is 0. The number of fused-ring (bicyclic) bond motifs is 2. The minimum Gasteiger partial charge on any atom is -0.492 e. The van der Waals surface area contributed by atoms with Crippen LogP contribution in [0.4, 0.5) is 11.4 Å². The molecule has 2 aromatic carbocycles. The first-order valence-electron chi connectivity index (χ1n) is 9.65. The second-order valence-corrected chi connectivity index (χ2v) is 7.24. The second kappa shape index (κ2) is 7.19. The van der Waals surface area contributed by atoms with Gasteiger partial charge in [0, 0.05) is 42.8 Å². The molecule has 2 amide bonds. The predicted molar refractivity (Wildman–Crippen MR) is 108 cm³/mol. The van der Waals surface area contributed by atoms with E-state index in [0.29, 0.717) is 30.2 Å². The molecule has 0 aliphatic carbocycles. The number of carbonyl (C=O) groups is 2. The molecule has 0 saturated heterocycles. The molecule has 2 aromatic rings. The standard InChI is InChI=1S/C22H24N2O4/c1-4-27-21-11-17-9-13(2)28-20(17)12-18(21)23-22(26)16-5-6-19-15(10-16)7-8-24(19)14(3)25/h5-6,10-13H,4,7-9H2,1-3H3,(H,23,26). The Morgan fingerprint density at radius 1 is 1.25 bits per heavy atom. The highest BCUT2D eigenvalue weighted by Gasteiger charge is 2.25. The summed E-state index contributed by atoms with van der Waals surface area (Å²) in [7, 11) is 0. The molecular formula is C22H24N2O4. The van der Waals surface area contributed by atoms with Crippen LogP contribution in [0.2, 0.25) is 0 Å². The molecule has 0 aromatic heterocycles. The minimum atomic E-state index is -0.212. The van der Waals surface area contributed by atoms with E-state index in [1.807, 2.05) is 38.1 Å². The molecule has 1 N–H and O–H groups in total.